The Hall–Kier alpha value is -1.43. The zero-order valence-electron chi connectivity index (χ0n) is 15.5. The van der Waals surface area contributed by atoms with Crippen molar-refractivity contribution in [3.63, 3.8) is 0 Å². The number of nitrogens with zero attached hydrogens (tertiary/aromatic N) is 1. The van der Waals surface area contributed by atoms with Gasteiger partial charge in [0.15, 0.2) is 0 Å². The molecule has 3 saturated carbocycles. The number of hydrogen-bond acceptors (Lipinski definition) is 4. The zero-order valence-corrected chi connectivity index (χ0v) is 15.5. The first-order valence-corrected chi connectivity index (χ1v) is 10.4. The molecule has 144 valence electrons. The molecule has 0 radical (unpaired) electrons. The number of carbonyl (C=O) groups is 3. The van der Waals surface area contributed by atoms with Crippen LogP contribution in [0.1, 0.15) is 64.2 Å². The Morgan fingerprint density at radius 3 is 2.12 bits per heavy atom. The van der Waals surface area contributed by atoms with E-state index < -0.39 is 0 Å². The maximum absolute atomic E-state index is 12.5. The molecule has 1 saturated heterocycles. The van der Waals surface area contributed by atoms with Crippen LogP contribution in [0.15, 0.2) is 0 Å². The molecular formula is C20H31N3O3. The first-order valence-electron chi connectivity index (χ1n) is 10.4. The van der Waals surface area contributed by atoms with Gasteiger partial charge in [-0.15, -0.1) is 0 Å². The molecule has 4 rings (SSSR count). The smallest absolute Gasteiger partial charge is 0.233 e. The molecule has 0 spiro atoms. The fourth-order valence-electron chi connectivity index (χ4n) is 5.95. The molecule has 2 bridgehead atoms. The molecule has 26 heavy (non-hydrogen) atoms. The Morgan fingerprint density at radius 2 is 1.54 bits per heavy atom. The quantitative estimate of drug-likeness (QED) is 0.744. The fourth-order valence-corrected chi connectivity index (χ4v) is 5.95. The predicted octanol–water partition coefficient (Wildman–Crippen LogP) is 1.57. The summed E-state index contributed by atoms with van der Waals surface area (Å²) in [6.45, 7) is 0.234. The minimum absolute atomic E-state index is 0.0298. The normalized spacial score (nSPS) is 39.7. The lowest BCUT2D eigenvalue weighted by Crippen LogP contribution is -2.54. The van der Waals surface area contributed by atoms with Crippen LogP contribution in [0.4, 0.5) is 0 Å². The third-order valence-corrected chi connectivity index (χ3v) is 7.20. The van der Waals surface area contributed by atoms with E-state index in [1.807, 2.05) is 0 Å². The van der Waals surface area contributed by atoms with Crippen molar-refractivity contribution in [3.8, 4) is 0 Å². The highest BCUT2D eigenvalue weighted by atomic mass is 16.2. The Labute approximate surface area is 155 Å². The van der Waals surface area contributed by atoms with Gasteiger partial charge < -0.3 is 11.1 Å². The van der Waals surface area contributed by atoms with Crippen LogP contribution in [0.5, 0.6) is 0 Å². The minimum Gasteiger partial charge on any atom is -0.353 e. The van der Waals surface area contributed by atoms with Crippen molar-refractivity contribution in [1.82, 2.24) is 10.2 Å². The summed E-state index contributed by atoms with van der Waals surface area (Å²) in [6.07, 6.45) is 9.42. The van der Waals surface area contributed by atoms with Gasteiger partial charge in [-0.2, -0.15) is 0 Å². The van der Waals surface area contributed by atoms with E-state index in [1.165, 1.54) is 11.3 Å². The Balaban J connectivity index is 1.31. The fraction of sp³-hybridized carbons (Fsp3) is 0.850. The van der Waals surface area contributed by atoms with Crippen LogP contribution in [0.3, 0.4) is 0 Å². The number of rotatable bonds is 4. The molecule has 3 aliphatic carbocycles. The molecule has 0 aromatic heterocycles. The van der Waals surface area contributed by atoms with Crippen LogP contribution in [-0.4, -0.2) is 41.2 Å². The van der Waals surface area contributed by atoms with Gasteiger partial charge in [0.1, 0.15) is 0 Å². The van der Waals surface area contributed by atoms with Gasteiger partial charge >= 0.3 is 0 Å². The molecular weight excluding hydrogens is 330 g/mol. The Morgan fingerprint density at radius 1 is 0.962 bits per heavy atom. The first-order chi connectivity index (χ1) is 12.5. The third-order valence-electron chi connectivity index (χ3n) is 7.20. The van der Waals surface area contributed by atoms with Crippen molar-refractivity contribution in [2.24, 2.45) is 29.4 Å². The molecule has 4 unspecified atom stereocenters. The number of amides is 3. The summed E-state index contributed by atoms with van der Waals surface area (Å²) in [6, 6.07) is 0.491. The van der Waals surface area contributed by atoms with Gasteiger partial charge in [0.25, 0.3) is 0 Å². The second-order valence-corrected chi connectivity index (χ2v) is 8.85. The number of imide groups is 1. The summed E-state index contributed by atoms with van der Waals surface area (Å²) in [5, 5.41) is 3.21. The first kappa shape index (κ1) is 18.0. The SMILES string of the molecule is NC1CC2CCCC(C1)C2NC(=O)CCN1C(=O)C2CCCCC2C1=O. The van der Waals surface area contributed by atoms with Gasteiger partial charge in [0.2, 0.25) is 17.7 Å². The second kappa shape index (κ2) is 7.29. The maximum atomic E-state index is 12.5. The van der Waals surface area contributed by atoms with Crippen molar-refractivity contribution in [2.45, 2.75) is 76.3 Å². The Bertz CT molecular complexity index is 555. The van der Waals surface area contributed by atoms with Crippen LogP contribution >= 0.6 is 0 Å². The van der Waals surface area contributed by atoms with Crippen molar-refractivity contribution in [1.29, 1.82) is 0 Å². The van der Waals surface area contributed by atoms with Crippen molar-refractivity contribution in [3.05, 3.63) is 0 Å². The van der Waals surface area contributed by atoms with Crippen LogP contribution < -0.4 is 11.1 Å². The number of hydrogen-bond donors (Lipinski definition) is 2. The molecule has 4 atom stereocenters. The summed E-state index contributed by atoms with van der Waals surface area (Å²) in [4.78, 5) is 38.9. The van der Waals surface area contributed by atoms with Crippen molar-refractivity contribution in [2.75, 3.05) is 6.54 Å². The molecule has 6 nitrogen and oxygen atoms in total. The number of likely N-dealkylation sites (tertiary alicyclic amines) is 1. The van der Waals surface area contributed by atoms with Gasteiger partial charge in [-0.1, -0.05) is 19.3 Å². The van der Waals surface area contributed by atoms with Gasteiger partial charge in [-0.05, 0) is 50.4 Å². The van der Waals surface area contributed by atoms with Crippen LogP contribution in [0.25, 0.3) is 0 Å². The van der Waals surface area contributed by atoms with Crippen molar-refractivity contribution >= 4 is 17.7 Å². The van der Waals surface area contributed by atoms with E-state index in [0.29, 0.717) is 11.8 Å². The lowest BCUT2D eigenvalue weighted by atomic mass is 9.67. The van der Waals surface area contributed by atoms with E-state index >= 15 is 0 Å². The van der Waals surface area contributed by atoms with Crippen LogP contribution in [-0.2, 0) is 14.4 Å². The molecule has 0 aromatic rings. The van der Waals surface area contributed by atoms with E-state index in [2.05, 4.69) is 5.32 Å². The maximum Gasteiger partial charge on any atom is 0.233 e. The monoisotopic (exact) mass is 361 g/mol. The number of carbonyl (C=O) groups excluding carboxylic acids is 3. The number of nitrogens with one attached hydrogen (secondary N) is 1. The molecule has 1 heterocycles. The summed E-state index contributed by atoms with van der Waals surface area (Å²) < 4.78 is 0. The number of fused-ring (bicyclic) bond motifs is 3. The third kappa shape index (κ3) is 3.28. The molecule has 4 fully saturated rings. The lowest BCUT2D eigenvalue weighted by Gasteiger charge is -2.45. The van der Waals surface area contributed by atoms with E-state index in [1.54, 1.807) is 0 Å². The van der Waals surface area contributed by atoms with Crippen LogP contribution in [0.2, 0.25) is 0 Å². The summed E-state index contributed by atoms with van der Waals surface area (Å²) in [7, 11) is 0. The summed E-state index contributed by atoms with van der Waals surface area (Å²) in [5.74, 6) is 0.592. The topological polar surface area (TPSA) is 92.5 Å². The highest BCUT2D eigenvalue weighted by Crippen LogP contribution is 2.40. The lowest BCUT2D eigenvalue weighted by molar-refractivity contribution is -0.140. The van der Waals surface area contributed by atoms with E-state index in [-0.39, 0.29) is 54.6 Å². The Kier molecular flexibility index (Phi) is 5.04. The molecule has 4 aliphatic rings. The largest absolute Gasteiger partial charge is 0.353 e. The molecule has 6 heteroatoms. The molecule has 3 amide bonds. The highest BCUT2D eigenvalue weighted by molar-refractivity contribution is 6.05. The highest BCUT2D eigenvalue weighted by Gasteiger charge is 2.48. The summed E-state index contributed by atoms with van der Waals surface area (Å²) in [5.41, 5.74) is 6.15. The molecule has 0 aromatic carbocycles. The standard InChI is InChI=1S/C20H31N3O3/c21-14-10-12-4-3-5-13(11-14)18(12)22-17(24)8-9-23-19(25)15-6-1-2-7-16(15)20(23)26/h12-16,18H,1-11,21H2,(H,22,24). The average molecular weight is 361 g/mol. The van der Waals surface area contributed by atoms with E-state index in [0.717, 1.165) is 51.4 Å². The zero-order chi connectivity index (χ0) is 18.3. The van der Waals surface area contributed by atoms with E-state index in [9.17, 15) is 14.4 Å². The number of nitrogens with two attached hydrogens (primary N) is 1. The average Bonchev–Trinajstić information content (AvgIpc) is 2.85. The van der Waals surface area contributed by atoms with Crippen molar-refractivity contribution < 1.29 is 14.4 Å². The van der Waals surface area contributed by atoms with Gasteiger partial charge in [0.05, 0.1) is 11.8 Å². The van der Waals surface area contributed by atoms with E-state index in [4.69, 9.17) is 5.73 Å². The minimum atomic E-state index is -0.126. The van der Waals surface area contributed by atoms with Crippen LogP contribution in [0, 0.1) is 23.7 Å². The van der Waals surface area contributed by atoms with Gasteiger partial charge in [-0.3, -0.25) is 19.3 Å². The second-order valence-electron chi connectivity index (χ2n) is 8.85. The molecule has 3 N–H and O–H groups in total. The molecule has 1 aliphatic heterocycles. The summed E-state index contributed by atoms with van der Waals surface area (Å²) >= 11 is 0. The predicted molar refractivity (Wildman–Crippen MR) is 96.8 cm³/mol. The van der Waals surface area contributed by atoms with Gasteiger partial charge in [-0.25, -0.2) is 0 Å². The van der Waals surface area contributed by atoms with Gasteiger partial charge in [0, 0.05) is 25.0 Å².